The van der Waals surface area contributed by atoms with Gasteiger partial charge in [0.1, 0.15) is 5.75 Å². The van der Waals surface area contributed by atoms with Gasteiger partial charge in [-0.3, -0.25) is 24.9 Å². The maximum atomic E-state index is 12.7. The molecule has 0 unspecified atom stereocenters. The lowest BCUT2D eigenvalue weighted by Crippen LogP contribution is -2.58. The summed E-state index contributed by atoms with van der Waals surface area (Å²) in [7, 11) is 1.43. The standard InChI is InChI=1S/C17H14N4O4/c1-25-14-7-3-2-6-13(14)21-16(23)12(15(22)20-17(21)24)10-19-11-5-4-8-18-9-11/h2-10,12H,1H3,(H,20,22,24)/t12-/m1/s1. The summed E-state index contributed by atoms with van der Waals surface area (Å²) in [5.74, 6) is -2.33. The molecule has 4 amide bonds. The first-order valence-corrected chi connectivity index (χ1v) is 7.38. The molecule has 1 aliphatic rings. The monoisotopic (exact) mass is 338 g/mol. The Labute approximate surface area is 143 Å². The van der Waals surface area contributed by atoms with E-state index in [0.29, 0.717) is 11.4 Å². The van der Waals surface area contributed by atoms with Crippen LogP contribution in [0.2, 0.25) is 0 Å². The first-order chi connectivity index (χ1) is 12.1. The highest BCUT2D eigenvalue weighted by atomic mass is 16.5. The van der Waals surface area contributed by atoms with Crippen molar-refractivity contribution in [2.24, 2.45) is 10.9 Å². The number of hydrogen-bond donors (Lipinski definition) is 1. The number of aliphatic imine (C=N–C) groups is 1. The topological polar surface area (TPSA) is 101 Å². The van der Waals surface area contributed by atoms with Gasteiger partial charge in [-0.15, -0.1) is 0 Å². The van der Waals surface area contributed by atoms with Gasteiger partial charge >= 0.3 is 6.03 Å². The molecule has 2 aromatic rings. The Bertz CT molecular complexity index is 851. The van der Waals surface area contributed by atoms with Gasteiger partial charge in [-0.05, 0) is 24.3 Å². The molecule has 1 saturated heterocycles. The number of hydrogen-bond acceptors (Lipinski definition) is 6. The van der Waals surface area contributed by atoms with E-state index in [0.717, 1.165) is 4.90 Å². The van der Waals surface area contributed by atoms with Gasteiger partial charge in [0.2, 0.25) is 5.91 Å². The number of ether oxygens (including phenoxy) is 1. The number of carbonyl (C=O) groups excluding carboxylic acids is 3. The molecule has 1 aromatic heterocycles. The lowest BCUT2D eigenvalue weighted by Gasteiger charge is -2.29. The Balaban J connectivity index is 1.93. The normalized spacial score (nSPS) is 17.7. The summed E-state index contributed by atoms with van der Waals surface area (Å²) in [5.41, 5.74) is 0.739. The Morgan fingerprint density at radius 3 is 2.72 bits per heavy atom. The summed E-state index contributed by atoms with van der Waals surface area (Å²) in [6.45, 7) is 0. The molecule has 0 spiro atoms. The van der Waals surface area contributed by atoms with Gasteiger partial charge in [-0.25, -0.2) is 9.69 Å². The first kappa shape index (κ1) is 16.3. The van der Waals surface area contributed by atoms with Gasteiger partial charge in [-0.1, -0.05) is 12.1 Å². The molecule has 0 bridgehead atoms. The van der Waals surface area contributed by atoms with E-state index in [4.69, 9.17) is 4.74 Å². The molecule has 2 heterocycles. The summed E-state index contributed by atoms with van der Waals surface area (Å²) in [4.78, 5) is 45.8. The second-order valence-corrected chi connectivity index (χ2v) is 5.11. The number of nitrogens with zero attached hydrogens (tertiary/aromatic N) is 3. The third-order valence-electron chi connectivity index (χ3n) is 3.55. The maximum Gasteiger partial charge on any atom is 0.335 e. The summed E-state index contributed by atoms with van der Waals surface area (Å²) in [5, 5.41) is 2.16. The van der Waals surface area contributed by atoms with Crippen molar-refractivity contribution in [1.82, 2.24) is 10.3 Å². The van der Waals surface area contributed by atoms with Crippen LogP contribution in [0.15, 0.2) is 53.8 Å². The molecule has 25 heavy (non-hydrogen) atoms. The number of benzene rings is 1. The van der Waals surface area contributed by atoms with Crippen molar-refractivity contribution in [3.05, 3.63) is 48.8 Å². The molecular weight excluding hydrogens is 324 g/mol. The smallest absolute Gasteiger partial charge is 0.335 e. The van der Waals surface area contributed by atoms with E-state index >= 15 is 0 Å². The predicted octanol–water partition coefficient (Wildman–Crippen LogP) is 1.69. The van der Waals surface area contributed by atoms with Crippen molar-refractivity contribution in [3.63, 3.8) is 0 Å². The van der Waals surface area contributed by atoms with Gasteiger partial charge in [0.25, 0.3) is 5.91 Å². The molecule has 1 aliphatic heterocycles. The number of imide groups is 2. The average molecular weight is 338 g/mol. The zero-order valence-corrected chi connectivity index (χ0v) is 13.2. The number of aromatic nitrogens is 1. The minimum Gasteiger partial charge on any atom is -0.495 e. The number of nitrogens with one attached hydrogen (secondary N) is 1. The van der Waals surface area contributed by atoms with Crippen LogP contribution in [-0.2, 0) is 9.59 Å². The average Bonchev–Trinajstić information content (AvgIpc) is 2.62. The van der Waals surface area contributed by atoms with Crippen LogP contribution in [0.1, 0.15) is 0 Å². The Hall–Kier alpha value is -3.55. The molecule has 0 aliphatic carbocycles. The van der Waals surface area contributed by atoms with E-state index in [1.807, 2.05) is 0 Å². The summed E-state index contributed by atoms with van der Waals surface area (Å²) in [6.07, 6.45) is 4.27. The van der Waals surface area contributed by atoms with E-state index in [2.05, 4.69) is 15.3 Å². The molecule has 126 valence electrons. The second-order valence-electron chi connectivity index (χ2n) is 5.11. The molecular formula is C17H14N4O4. The third kappa shape index (κ3) is 3.23. The number of rotatable bonds is 4. The zero-order valence-electron chi connectivity index (χ0n) is 13.2. The van der Waals surface area contributed by atoms with Crippen LogP contribution >= 0.6 is 0 Å². The van der Waals surface area contributed by atoms with Crippen molar-refractivity contribution in [3.8, 4) is 5.75 Å². The Morgan fingerprint density at radius 2 is 2.00 bits per heavy atom. The van der Waals surface area contributed by atoms with Gasteiger partial charge in [-0.2, -0.15) is 0 Å². The quantitative estimate of drug-likeness (QED) is 0.675. The highest BCUT2D eigenvalue weighted by molar-refractivity contribution is 6.33. The molecule has 1 N–H and O–H groups in total. The Kier molecular flexibility index (Phi) is 4.51. The molecule has 1 aromatic carbocycles. The molecule has 8 nitrogen and oxygen atoms in total. The second kappa shape index (κ2) is 6.91. The summed E-state index contributed by atoms with van der Waals surface area (Å²) < 4.78 is 5.19. The lowest BCUT2D eigenvalue weighted by atomic mass is 10.1. The van der Waals surface area contributed by atoms with Gasteiger partial charge in [0.05, 0.1) is 24.7 Å². The first-order valence-electron chi connectivity index (χ1n) is 7.38. The van der Waals surface area contributed by atoms with E-state index < -0.39 is 23.8 Å². The number of barbiturate groups is 1. The Morgan fingerprint density at radius 1 is 1.20 bits per heavy atom. The van der Waals surface area contributed by atoms with Gasteiger partial charge in [0, 0.05) is 12.4 Å². The molecule has 1 atom stereocenters. The highest BCUT2D eigenvalue weighted by Gasteiger charge is 2.41. The van der Waals surface area contributed by atoms with Crippen LogP contribution in [-0.4, -0.2) is 36.2 Å². The largest absolute Gasteiger partial charge is 0.495 e. The number of anilines is 1. The number of carbonyl (C=O) groups is 3. The highest BCUT2D eigenvalue weighted by Crippen LogP contribution is 2.30. The summed E-state index contributed by atoms with van der Waals surface area (Å²) >= 11 is 0. The van der Waals surface area contributed by atoms with Crippen molar-refractivity contribution >= 4 is 35.4 Å². The van der Waals surface area contributed by atoms with Crippen LogP contribution in [0, 0.1) is 5.92 Å². The fourth-order valence-electron chi connectivity index (χ4n) is 2.36. The summed E-state index contributed by atoms with van der Waals surface area (Å²) in [6, 6.07) is 9.07. The lowest BCUT2D eigenvalue weighted by molar-refractivity contribution is -0.131. The number of urea groups is 1. The third-order valence-corrected chi connectivity index (χ3v) is 3.55. The zero-order chi connectivity index (χ0) is 17.8. The number of amides is 4. The fraction of sp³-hybridized carbons (Fsp3) is 0.118. The molecule has 3 rings (SSSR count). The van der Waals surface area contributed by atoms with E-state index in [-0.39, 0.29) is 5.69 Å². The van der Waals surface area contributed by atoms with Crippen LogP contribution < -0.4 is 15.0 Å². The minimum absolute atomic E-state index is 0.250. The minimum atomic E-state index is -1.23. The molecule has 1 fully saturated rings. The van der Waals surface area contributed by atoms with Crippen molar-refractivity contribution < 1.29 is 19.1 Å². The molecule has 8 heteroatoms. The number of pyridine rings is 1. The molecule has 0 radical (unpaired) electrons. The number of para-hydroxylation sites is 2. The van der Waals surface area contributed by atoms with Crippen molar-refractivity contribution in [2.75, 3.05) is 12.0 Å². The van der Waals surface area contributed by atoms with Crippen LogP contribution in [0.5, 0.6) is 5.75 Å². The van der Waals surface area contributed by atoms with Crippen molar-refractivity contribution in [1.29, 1.82) is 0 Å². The predicted molar refractivity (Wildman–Crippen MR) is 89.9 cm³/mol. The molecule has 0 saturated carbocycles. The maximum absolute atomic E-state index is 12.7. The van der Waals surface area contributed by atoms with Crippen LogP contribution in [0.4, 0.5) is 16.2 Å². The number of methoxy groups -OCH3 is 1. The van der Waals surface area contributed by atoms with E-state index in [9.17, 15) is 14.4 Å². The van der Waals surface area contributed by atoms with Gasteiger partial charge < -0.3 is 4.74 Å². The van der Waals surface area contributed by atoms with Crippen LogP contribution in [0.25, 0.3) is 0 Å². The van der Waals surface area contributed by atoms with E-state index in [1.165, 1.54) is 19.5 Å². The van der Waals surface area contributed by atoms with Gasteiger partial charge in [0.15, 0.2) is 5.92 Å². The van der Waals surface area contributed by atoms with Crippen molar-refractivity contribution in [2.45, 2.75) is 0 Å². The fourth-order valence-corrected chi connectivity index (χ4v) is 2.36. The van der Waals surface area contributed by atoms with Crippen LogP contribution in [0.3, 0.4) is 0 Å². The van der Waals surface area contributed by atoms with E-state index in [1.54, 1.807) is 42.6 Å². The SMILES string of the molecule is COc1ccccc1N1C(=O)NC(=O)[C@@H](C=Nc2cccnc2)C1=O.